The fourth-order valence-corrected chi connectivity index (χ4v) is 3.62. The minimum absolute atomic E-state index is 0.127. The summed E-state index contributed by atoms with van der Waals surface area (Å²) in [6.45, 7) is 7.91. The highest BCUT2D eigenvalue weighted by Crippen LogP contribution is 2.17. The molecule has 7 heteroatoms. The van der Waals surface area contributed by atoms with Crippen molar-refractivity contribution in [3.05, 3.63) is 57.5 Å². The Hall–Kier alpha value is -2.67. The Labute approximate surface area is 164 Å². The van der Waals surface area contributed by atoms with Crippen LogP contribution in [0.2, 0.25) is 0 Å². The average molecular weight is 380 g/mol. The molecule has 0 radical (unpaired) electrons. The van der Waals surface area contributed by atoms with Crippen LogP contribution < -0.4 is 10.9 Å². The van der Waals surface area contributed by atoms with E-state index in [0.29, 0.717) is 24.8 Å². The van der Waals surface area contributed by atoms with Gasteiger partial charge in [0.25, 0.3) is 11.3 Å². The highest BCUT2D eigenvalue weighted by molar-refractivity contribution is 5.38. The molecule has 3 heterocycles. The number of aromatic nitrogens is 4. The second-order valence-electron chi connectivity index (χ2n) is 7.78. The van der Waals surface area contributed by atoms with Crippen LogP contribution in [-0.2, 0) is 19.5 Å². The number of H-pyrrole nitrogens is 1. The average Bonchev–Trinajstić information content (AvgIpc) is 3.12. The van der Waals surface area contributed by atoms with Gasteiger partial charge in [0.05, 0.1) is 5.69 Å². The summed E-state index contributed by atoms with van der Waals surface area (Å²) in [5.41, 5.74) is 3.14. The molecule has 0 atom stereocenters. The largest absolute Gasteiger partial charge is 0.351 e. The summed E-state index contributed by atoms with van der Waals surface area (Å²) in [5.74, 6) is 1.75. The van der Waals surface area contributed by atoms with Crippen molar-refractivity contribution >= 4 is 11.7 Å². The normalized spacial score (nSPS) is 15.9. The van der Waals surface area contributed by atoms with Gasteiger partial charge in [0.1, 0.15) is 0 Å². The first kappa shape index (κ1) is 18.7. The van der Waals surface area contributed by atoms with Crippen molar-refractivity contribution < 1.29 is 0 Å². The Morgan fingerprint density at radius 3 is 2.57 bits per heavy atom. The van der Waals surface area contributed by atoms with Crippen LogP contribution in [0.1, 0.15) is 43.5 Å². The number of anilines is 1. The van der Waals surface area contributed by atoms with E-state index in [1.54, 1.807) is 6.07 Å². The van der Waals surface area contributed by atoms with E-state index in [1.165, 1.54) is 22.9 Å². The number of nitrogens with one attached hydrogen (secondary N) is 2. The fraction of sp³-hybridized carbons (Fsp3) is 0.476. The Bertz CT molecular complexity index is 982. The standard InChI is InChI=1S/C21H28N6O/c1-3-16-4-6-17(7-5-16)13-22-20-24-21-23-18(12-19(28)27(21)25-20)14-26-10-8-15(2)9-11-26/h4-7,12,15H,3,8-11,13-14H2,1-2H3,(H2,22,23,24,25). The molecular weight excluding hydrogens is 352 g/mol. The molecule has 148 valence electrons. The van der Waals surface area contributed by atoms with Crippen LogP contribution in [0.15, 0.2) is 35.1 Å². The van der Waals surface area contributed by atoms with E-state index in [-0.39, 0.29) is 5.56 Å². The number of aryl methyl sites for hydroxylation is 1. The van der Waals surface area contributed by atoms with Gasteiger partial charge >= 0.3 is 0 Å². The quantitative estimate of drug-likeness (QED) is 0.688. The van der Waals surface area contributed by atoms with E-state index in [4.69, 9.17) is 0 Å². The first-order valence-electron chi connectivity index (χ1n) is 10.1. The van der Waals surface area contributed by atoms with Crippen LogP contribution in [0.4, 0.5) is 5.95 Å². The van der Waals surface area contributed by atoms with Crippen LogP contribution in [0, 0.1) is 5.92 Å². The lowest BCUT2D eigenvalue weighted by molar-refractivity contribution is 0.183. The number of rotatable bonds is 6. The minimum Gasteiger partial charge on any atom is -0.351 e. The molecule has 7 nitrogen and oxygen atoms in total. The summed E-state index contributed by atoms with van der Waals surface area (Å²) in [4.78, 5) is 23.9. The van der Waals surface area contributed by atoms with E-state index in [2.05, 4.69) is 63.4 Å². The molecule has 28 heavy (non-hydrogen) atoms. The van der Waals surface area contributed by atoms with E-state index in [1.807, 2.05) is 0 Å². The third kappa shape index (κ3) is 4.25. The lowest BCUT2D eigenvalue weighted by atomic mass is 9.99. The topological polar surface area (TPSA) is 78.3 Å². The van der Waals surface area contributed by atoms with Gasteiger partial charge in [-0.1, -0.05) is 38.1 Å². The maximum Gasteiger partial charge on any atom is 0.274 e. The molecule has 4 rings (SSSR count). The maximum absolute atomic E-state index is 12.5. The van der Waals surface area contributed by atoms with Gasteiger partial charge in [0.15, 0.2) is 0 Å². The summed E-state index contributed by atoms with van der Waals surface area (Å²) in [5, 5.41) is 6.24. The van der Waals surface area contributed by atoms with E-state index in [0.717, 1.165) is 36.7 Å². The number of piperidine rings is 1. The first-order valence-corrected chi connectivity index (χ1v) is 10.1. The predicted octanol–water partition coefficient (Wildman–Crippen LogP) is 2.82. The van der Waals surface area contributed by atoms with Crippen molar-refractivity contribution in [2.75, 3.05) is 18.4 Å². The second kappa shape index (κ2) is 8.14. The highest BCUT2D eigenvalue weighted by atomic mass is 16.1. The van der Waals surface area contributed by atoms with E-state index in [9.17, 15) is 4.79 Å². The molecule has 0 spiro atoms. The third-order valence-electron chi connectivity index (χ3n) is 5.54. The predicted molar refractivity (Wildman–Crippen MR) is 110 cm³/mol. The lowest BCUT2D eigenvalue weighted by Crippen LogP contribution is -2.33. The van der Waals surface area contributed by atoms with Crippen LogP contribution in [0.25, 0.3) is 5.78 Å². The van der Waals surface area contributed by atoms with Crippen molar-refractivity contribution in [3.8, 4) is 0 Å². The summed E-state index contributed by atoms with van der Waals surface area (Å²) in [7, 11) is 0. The van der Waals surface area contributed by atoms with Gasteiger partial charge in [-0.2, -0.15) is 9.50 Å². The van der Waals surface area contributed by atoms with Crippen molar-refractivity contribution in [2.45, 2.75) is 46.2 Å². The molecule has 1 saturated heterocycles. The molecule has 1 fully saturated rings. The number of nitrogens with zero attached hydrogens (tertiary/aromatic N) is 4. The zero-order valence-corrected chi connectivity index (χ0v) is 16.6. The number of fused-ring (bicyclic) bond motifs is 1. The Morgan fingerprint density at radius 2 is 1.86 bits per heavy atom. The van der Waals surface area contributed by atoms with Gasteiger partial charge in [-0.25, -0.2) is 4.98 Å². The summed E-state index contributed by atoms with van der Waals surface area (Å²) < 4.78 is 1.39. The van der Waals surface area contributed by atoms with Crippen LogP contribution in [0.5, 0.6) is 0 Å². The maximum atomic E-state index is 12.5. The monoisotopic (exact) mass is 380 g/mol. The van der Waals surface area contributed by atoms with Gasteiger partial charge in [-0.05, 0) is 49.4 Å². The van der Waals surface area contributed by atoms with Crippen molar-refractivity contribution in [1.82, 2.24) is 24.5 Å². The van der Waals surface area contributed by atoms with Crippen LogP contribution >= 0.6 is 0 Å². The summed E-state index contributed by atoms with van der Waals surface area (Å²) in [6, 6.07) is 10.1. The Balaban J connectivity index is 1.45. The van der Waals surface area contributed by atoms with Gasteiger partial charge < -0.3 is 5.32 Å². The molecule has 0 aliphatic carbocycles. The van der Waals surface area contributed by atoms with Crippen molar-refractivity contribution in [2.24, 2.45) is 5.92 Å². The second-order valence-corrected chi connectivity index (χ2v) is 7.78. The lowest BCUT2D eigenvalue weighted by Gasteiger charge is -2.29. The molecule has 1 aromatic carbocycles. The molecular formula is C21H28N6O. The number of hydrogen-bond donors (Lipinski definition) is 2. The van der Waals surface area contributed by atoms with Gasteiger partial charge in [0.2, 0.25) is 5.95 Å². The first-order chi connectivity index (χ1) is 13.6. The van der Waals surface area contributed by atoms with Gasteiger partial charge in [0, 0.05) is 19.2 Å². The van der Waals surface area contributed by atoms with Crippen molar-refractivity contribution in [3.63, 3.8) is 0 Å². The molecule has 0 amide bonds. The SMILES string of the molecule is CCc1ccc(CNc2nc3nc(CN4CCC(C)CC4)cc(=O)n3[nH]2)cc1. The van der Waals surface area contributed by atoms with Crippen LogP contribution in [-0.4, -0.2) is 37.6 Å². The van der Waals surface area contributed by atoms with Crippen molar-refractivity contribution in [1.29, 1.82) is 0 Å². The number of benzene rings is 1. The number of aromatic amines is 1. The third-order valence-corrected chi connectivity index (χ3v) is 5.54. The molecule has 3 aromatic rings. The van der Waals surface area contributed by atoms with E-state index < -0.39 is 0 Å². The number of likely N-dealkylation sites (tertiary alicyclic amines) is 1. The van der Waals surface area contributed by atoms with Crippen LogP contribution in [0.3, 0.4) is 0 Å². The molecule has 0 saturated carbocycles. The zero-order valence-electron chi connectivity index (χ0n) is 16.6. The molecule has 0 bridgehead atoms. The summed E-state index contributed by atoms with van der Waals surface area (Å²) >= 11 is 0. The van der Waals surface area contributed by atoms with E-state index >= 15 is 0 Å². The summed E-state index contributed by atoms with van der Waals surface area (Å²) in [6.07, 6.45) is 3.44. The smallest absolute Gasteiger partial charge is 0.274 e. The minimum atomic E-state index is -0.127. The van der Waals surface area contributed by atoms with Gasteiger partial charge in [-0.15, -0.1) is 0 Å². The molecule has 2 N–H and O–H groups in total. The van der Waals surface area contributed by atoms with Gasteiger partial charge in [-0.3, -0.25) is 14.8 Å². The highest BCUT2D eigenvalue weighted by Gasteiger charge is 2.17. The molecule has 1 aliphatic heterocycles. The molecule has 2 aromatic heterocycles. The zero-order chi connectivity index (χ0) is 19.5. The molecule has 1 aliphatic rings. The number of hydrogen-bond acceptors (Lipinski definition) is 5. The molecule has 0 unspecified atom stereocenters. The Kier molecular flexibility index (Phi) is 5.43. The Morgan fingerprint density at radius 1 is 1.14 bits per heavy atom. The fourth-order valence-electron chi connectivity index (χ4n) is 3.62.